The topological polar surface area (TPSA) is 54.4 Å². The third kappa shape index (κ3) is 4.29. The summed E-state index contributed by atoms with van der Waals surface area (Å²) in [5, 5.41) is 0. The van der Waals surface area contributed by atoms with Gasteiger partial charge >= 0.3 is 0 Å². The highest BCUT2D eigenvalue weighted by molar-refractivity contribution is 7.79. The van der Waals surface area contributed by atoms with Gasteiger partial charge in [-0.25, -0.2) is 4.21 Å². The van der Waals surface area contributed by atoms with Crippen molar-refractivity contribution in [2.75, 3.05) is 0 Å². The van der Waals surface area contributed by atoms with Crippen LogP contribution in [0, 0.1) is 0 Å². The van der Waals surface area contributed by atoms with Crippen molar-refractivity contribution >= 4 is 22.4 Å². The molecule has 0 radical (unpaired) electrons. The van der Waals surface area contributed by atoms with Crippen LogP contribution >= 0.6 is 0 Å². The highest BCUT2D eigenvalue weighted by atomic mass is 32.2. The predicted molar refractivity (Wildman–Crippen MR) is 101 cm³/mol. The lowest BCUT2D eigenvalue weighted by molar-refractivity contribution is 0.105. The molecule has 0 amide bonds. The molecule has 0 saturated carbocycles. The van der Waals surface area contributed by atoms with E-state index in [4.69, 9.17) is 0 Å². The lowest BCUT2D eigenvalue weighted by Crippen LogP contribution is -2.04. The minimum absolute atomic E-state index is 0.110. The van der Waals surface area contributed by atoms with Crippen LogP contribution in [0.25, 0.3) is 5.57 Å². The summed E-state index contributed by atoms with van der Waals surface area (Å²) in [5.41, 5.74) is 2.70. The zero-order valence-corrected chi connectivity index (χ0v) is 14.4. The number of ketones is 1. The van der Waals surface area contributed by atoms with E-state index in [1.54, 1.807) is 36.4 Å². The molecule has 0 spiro atoms. The first-order valence-electron chi connectivity index (χ1n) is 8.04. The molecule has 126 valence electrons. The molecule has 4 heteroatoms. The first kappa shape index (κ1) is 17.3. The molecule has 0 heterocycles. The molecule has 0 aliphatic heterocycles. The average Bonchev–Trinajstić information content (AvgIpc) is 2.67. The van der Waals surface area contributed by atoms with Gasteiger partial charge in [-0.05, 0) is 42.2 Å². The van der Waals surface area contributed by atoms with E-state index in [-0.39, 0.29) is 10.7 Å². The standard InChI is InChI=1S/C21H18O3S/c22-21(17-10-5-2-6-11-17)20(14-16-8-3-1-4-9-16)18-12-7-13-19(15-18)25(23)24/h2-3,5-15H,1,4H2,(H,23,24)/b20-14-. The second-order valence-electron chi connectivity index (χ2n) is 5.71. The number of carbonyl (C=O) groups is 1. The van der Waals surface area contributed by atoms with Gasteiger partial charge in [0.1, 0.15) is 0 Å². The van der Waals surface area contributed by atoms with Crippen LogP contribution in [0.4, 0.5) is 0 Å². The Morgan fingerprint density at radius 2 is 1.76 bits per heavy atom. The molecule has 1 aliphatic rings. The van der Waals surface area contributed by atoms with E-state index in [1.165, 1.54) is 0 Å². The number of hydrogen-bond acceptors (Lipinski definition) is 2. The normalized spacial score (nSPS) is 15.6. The predicted octanol–water partition coefficient (Wildman–Crippen LogP) is 4.81. The van der Waals surface area contributed by atoms with Gasteiger partial charge in [-0.1, -0.05) is 60.7 Å². The third-order valence-corrected chi connectivity index (χ3v) is 4.62. The highest BCUT2D eigenvalue weighted by Gasteiger charge is 2.16. The maximum absolute atomic E-state index is 13.0. The second kappa shape index (κ2) is 8.01. The largest absolute Gasteiger partial charge is 0.302 e. The van der Waals surface area contributed by atoms with Crippen LogP contribution in [0.5, 0.6) is 0 Å². The number of allylic oxidation sites excluding steroid dienone is 6. The monoisotopic (exact) mass is 350 g/mol. The van der Waals surface area contributed by atoms with E-state index in [2.05, 4.69) is 12.2 Å². The molecular formula is C21H18O3S. The molecule has 1 aliphatic carbocycles. The molecule has 1 atom stereocenters. The minimum atomic E-state index is -2.09. The van der Waals surface area contributed by atoms with Crippen LogP contribution in [0.2, 0.25) is 0 Å². The average molecular weight is 350 g/mol. The Bertz CT molecular complexity index is 892. The van der Waals surface area contributed by atoms with Crippen molar-refractivity contribution in [3.8, 4) is 0 Å². The molecule has 25 heavy (non-hydrogen) atoms. The van der Waals surface area contributed by atoms with Gasteiger partial charge in [0.25, 0.3) is 0 Å². The summed E-state index contributed by atoms with van der Waals surface area (Å²) >= 11 is -2.09. The summed E-state index contributed by atoms with van der Waals surface area (Å²) in [4.78, 5) is 13.3. The van der Waals surface area contributed by atoms with Crippen molar-refractivity contribution in [1.29, 1.82) is 0 Å². The zero-order chi connectivity index (χ0) is 17.6. The fourth-order valence-electron chi connectivity index (χ4n) is 2.70. The van der Waals surface area contributed by atoms with Gasteiger partial charge in [-0.15, -0.1) is 0 Å². The molecule has 0 aromatic heterocycles. The Labute approximate surface area is 149 Å². The minimum Gasteiger partial charge on any atom is -0.302 e. The smallest absolute Gasteiger partial charge is 0.193 e. The molecule has 2 aromatic carbocycles. The van der Waals surface area contributed by atoms with Crippen LogP contribution in [0.15, 0.2) is 89.4 Å². The quantitative estimate of drug-likeness (QED) is 0.478. The van der Waals surface area contributed by atoms with E-state index in [0.29, 0.717) is 16.7 Å². The molecular weight excluding hydrogens is 332 g/mol. The Hall–Kier alpha value is -2.56. The second-order valence-corrected chi connectivity index (χ2v) is 6.68. The van der Waals surface area contributed by atoms with Gasteiger partial charge in [-0.2, -0.15) is 0 Å². The Morgan fingerprint density at radius 3 is 2.44 bits per heavy atom. The number of benzene rings is 2. The van der Waals surface area contributed by atoms with E-state index in [0.717, 1.165) is 18.4 Å². The van der Waals surface area contributed by atoms with Gasteiger partial charge in [0.15, 0.2) is 16.9 Å². The molecule has 1 N–H and O–H groups in total. The maximum Gasteiger partial charge on any atom is 0.193 e. The lowest BCUT2D eigenvalue weighted by atomic mass is 9.93. The molecule has 0 fully saturated rings. The van der Waals surface area contributed by atoms with E-state index < -0.39 is 11.1 Å². The van der Waals surface area contributed by atoms with Crippen molar-refractivity contribution < 1.29 is 13.6 Å². The van der Waals surface area contributed by atoms with Crippen molar-refractivity contribution in [1.82, 2.24) is 0 Å². The maximum atomic E-state index is 13.0. The van der Waals surface area contributed by atoms with E-state index in [1.807, 2.05) is 30.4 Å². The van der Waals surface area contributed by atoms with E-state index >= 15 is 0 Å². The fraction of sp³-hybridized carbons (Fsp3) is 0.0952. The number of Topliss-reactive ketones (excluding diaryl/α,β-unsaturated/α-hetero) is 1. The first-order valence-corrected chi connectivity index (χ1v) is 9.15. The summed E-state index contributed by atoms with van der Waals surface area (Å²) in [6.45, 7) is 0. The van der Waals surface area contributed by atoms with Crippen LogP contribution in [-0.4, -0.2) is 14.5 Å². The van der Waals surface area contributed by atoms with Gasteiger partial charge in [0.05, 0.1) is 4.90 Å². The number of hydrogen-bond donors (Lipinski definition) is 1. The molecule has 0 bridgehead atoms. The Morgan fingerprint density at radius 1 is 1.00 bits per heavy atom. The van der Waals surface area contributed by atoms with Crippen molar-refractivity contribution in [2.24, 2.45) is 0 Å². The van der Waals surface area contributed by atoms with Gasteiger partial charge in [0.2, 0.25) is 0 Å². The first-order chi connectivity index (χ1) is 12.1. The van der Waals surface area contributed by atoms with Gasteiger partial charge in [0, 0.05) is 11.1 Å². The SMILES string of the molecule is O=C(/C(=C\C1=CCCC=C1)c1cccc(S(=O)O)c1)c1ccccc1. The zero-order valence-electron chi connectivity index (χ0n) is 13.6. The highest BCUT2D eigenvalue weighted by Crippen LogP contribution is 2.25. The van der Waals surface area contributed by atoms with Gasteiger partial charge < -0.3 is 4.55 Å². The van der Waals surface area contributed by atoms with E-state index in [9.17, 15) is 13.6 Å². The summed E-state index contributed by atoms with van der Waals surface area (Å²) < 4.78 is 20.7. The summed E-state index contributed by atoms with van der Waals surface area (Å²) in [6, 6.07) is 15.7. The molecule has 1 unspecified atom stereocenters. The summed E-state index contributed by atoms with van der Waals surface area (Å²) in [6.07, 6.45) is 9.95. The Balaban J connectivity index is 2.09. The van der Waals surface area contributed by atoms with Crippen molar-refractivity contribution in [3.63, 3.8) is 0 Å². The molecule has 2 aromatic rings. The molecule has 3 rings (SSSR count). The number of carbonyl (C=O) groups excluding carboxylic acids is 1. The fourth-order valence-corrected chi connectivity index (χ4v) is 3.13. The Kier molecular flexibility index (Phi) is 5.53. The van der Waals surface area contributed by atoms with Gasteiger partial charge in [-0.3, -0.25) is 4.79 Å². The molecule has 3 nitrogen and oxygen atoms in total. The lowest BCUT2D eigenvalue weighted by Gasteiger charge is -2.10. The third-order valence-electron chi connectivity index (χ3n) is 3.96. The van der Waals surface area contributed by atoms with Crippen LogP contribution in [0.1, 0.15) is 28.8 Å². The summed E-state index contributed by atoms with van der Waals surface area (Å²) in [5.74, 6) is -0.110. The van der Waals surface area contributed by atoms with Crippen molar-refractivity contribution in [3.05, 3.63) is 95.6 Å². The summed E-state index contributed by atoms with van der Waals surface area (Å²) in [7, 11) is 0. The van der Waals surface area contributed by atoms with Crippen LogP contribution in [0.3, 0.4) is 0 Å². The number of rotatable bonds is 5. The molecule has 0 saturated heterocycles. The van der Waals surface area contributed by atoms with Crippen LogP contribution in [-0.2, 0) is 11.1 Å². The van der Waals surface area contributed by atoms with Crippen LogP contribution < -0.4 is 0 Å². The van der Waals surface area contributed by atoms with Crippen molar-refractivity contribution in [2.45, 2.75) is 17.7 Å².